The molecule has 0 atom stereocenters. The zero-order valence-electron chi connectivity index (χ0n) is 10.6. The molecule has 0 aliphatic rings. The summed E-state index contributed by atoms with van der Waals surface area (Å²) in [5.41, 5.74) is 6.45. The van der Waals surface area contributed by atoms with Gasteiger partial charge in [-0.1, -0.05) is 18.5 Å². The lowest BCUT2D eigenvalue weighted by Crippen LogP contribution is -2.19. The van der Waals surface area contributed by atoms with E-state index in [1.54, 1.807) is 19.1 Å². The van der Waals surface area contributed by atoms with Gasteiger partial charge in [-0.05, 0) is 24.6 Å². The van der Waals surface area contributed by atoms with Crippen molar-refractivity contribution in [1.29, 1.82) is 0 Å². The van der Waals surface area contributed by atoms with Gasteiger partial charge in [0, 0.05) is 17.2 Å². The lowest BCUT2D eigenvalue weighted by Gasteiger charge is -2.08. The summed E-state index contributed by atoms with van der Waals surface area (Å²) in [6, 6.07) is 4.71. The highest BCUT2D eigenvalue weighted by atomic mass is 35.5. The third-order valence-corrected chi connectivity index (χ3v) is 4.54. The van der Waals surface area contributed by atoms with E-state index in [1.807, 2.05) is 0 Å². The smallest absolute Gasteiger partial charge is 0.225 e. The molecule has 0 unspecified atom stereocenters. The number of hydrogen-bond acceptors (Lipinski definition) is 4. The normalized spacial score (nSPS) is 11.3. The summed E-state index contributed by atoms with van der Waals surface area (Å²) in [4.78, 5) is 11.7. The van der Waals surface area contributed by atoms with E-state index < -0.39 is 15.7 Å². The Morgan fingerprint density at radius 3 is 2.68 bits per heavy atom. The lowest BCUT2D eigenvalue weighted by atomic mass is 10.2. The first-order chi connectivity index (χ1) is 8.84. The second-order valence-electron chi connectivity index (χ2n) is 4.18. The van der Waals surface area contributed by atoms with Gasteiger partial charge in [0.15, 0.2) is 9.84 Å². The van der Waals surface area contributed by atoms with Crippen LogP contribution in [0.5, 0.6) is 0 Å². The SMILES string of the molecule is CCCS(=O)(=O)CCC(=O)Nc1cc(Cl)ccc1N. The van der Waals surface area contributed by atoms with Gasteiger partial charge in [0.05, 0.1) is 17.1 Å². The van der Waals surface area contributed by atoms with Crippen LogP contribution in [0.2, 0.25) is 5.02 Å². The molecule has 5 nitrogen and oxygen atoms in total. The van der Waals surface area contributed by atoms with Crippen molar-refractivity contribution >= 4 is 38.7 Å². The van der Waals surface area contributed by atoms with Gasteiger partial charge in [-0.2, -0.15) is 0 Å². The minimum absolute atomic E-state index is 0.0890. The number of benzene rings is 1. The fraction of sp³-hybridized carbons (Fsp3) is 0.417. The van der Waals surface area contributed by atoms with Crippen molar-refractivity contribution in [2.24, 2.45) is 0 Å². The number of anilines is 2. The Balaban J connectivity index is 2.59. The number of rotatable bonds is 6. The monoisotopic (exact) mass is 304 g/mol. The average molecular weight is 305 g/mol. The molecule has 106 valence electrons. The van der Waals surface area contributed by atoms with Crippen molar-refractivity contribution in [3.8, 4) is 0 Å². The molecular weight excluding hydrogens is 288 g/mol. The third-order valence-electron chi connectivity index (χ3n) is 2.44. The van der Waals surface area contributed by atoms with E-state index >= 15 is 0 Å². The Labute approximate surface area is 118 Å². The van der Waals surface area contributed by atoms with Crippen molar-refractivity contribution in [3.63, 3.8) is 0 Å². The summed E-state index contributed by atoms with van der Waals surface area (Å²) in [5.74, 6) is -0.458. The number of sulfone groups is 1. The molecule has 0 aliphatic heterocycles. The van der Waals surface area contributed by atoms with Gasteiger partial charge in [0.25, 0.3) is 0 Å². The summed E-state index contributed by atoms with van der Waals surface area (Å²) in [6.45, 7) is 1.78. The molecule has 0 spiro atoms. The zero-order chi connectivity index (χ0) is 14.5. The van der Waals surface area contributed by atoms with Gasteiger partial charge in [-0.3, -0.25) is 4.79 Å². The first-order valence-corrected chi connectivity index (χ1v) is 8.09. The molecule has 0 aliphatic carbocycles. The van der Waals surface area contributed by atoms with Crippen molar-refractivity contribution in [2.75, 3.05) is 22.6 Å². The van der Waals surface area contributed by atoms with E-state index in [2.05, 4.69) is 5.32 Å². The molecule has 0 heterocycles. The van der Waals surface area contributed by atoms with Crippen molar-refractivity contribution in [3.05, 3.63) is 23.2 Å². The molecule has 7 heteroatoms. The third kappa shape index (κ3) is 5.48. The summed E-state index contributed by atoms with van der Waals surface area (Å²) < 4.78 is 23.0. The fourth-order valence-corrected chi connectivity index (χ4v) is 3.01. The van der Waals surface area contributed by atoms with E-state index in [4.69, 9.17) is 17.3 Å². The molecule has 1 aromatic rings. The molecule has 3 N–H and O–H groups in total. The molecule has 0 radical (unpaired) electrons. The Kier molecular flexibility index (Phi) is 5.62. The Morgan fingerprint density at radius 1 is 1.37 bits per heavy atom. The molecule has 0 fully saturated rings. The predicted molar refractivity (Wildman–Crippen MR) is 78.1 cm³/mol. The number of carbonyl (C=O) groups is 1. The largest absolute Gasteiger partial charge is 0.397 e. The average Bonchev–Trinajstić information content (AvgIpc) is 2.31. The molecular formula is C12H17ClN2O3S. The highest BCUT2D eigenvalue weighted by Gasteiger charge is 2.13. The number of nitrogens with two attached hydrogens (primary N) is 1. The Morgan fingerprint density at radius 2 is 2.05 bits per heavy atom. The highest BCUT2D eigenvalue weighted by Crippen LogP contribution is 2.22. The van der Waals surface area contributed by atoms with E-state index in [0.717, 1.165) is 0 Å². The fourth-order valence-electron chi connectivity index (χ4n) is 1.51. The lowest BCUT2D eigenvalue weighted by molar-refractivity contribution is -0.115. The quantitative estimate of drug-likeness (QED) is 0.787. The van der Waals surface area contributed by atoms with Crippen LogP contribution in [0.3, 0.4) is 0 Å². The molecule has 0 saturated heterocycles. The topological polar surface area (TPSA) is 89.3 Å². The second kappa shape index (κ2) is 6.77. The standard InChI is InChI=1S/C12H17ClN2O3S/c1-2-6-19(17,18)7-5-12(16)15-11-8-9(13)3-4-10(11)14/h3-4,8H,2,5-7,14H2,1H3,(H,15,16). The van der Waals surface area contributed by atoms with Crippen molar-refractivity contribution in [1.82, 2.24) is 0 Å². The second-order valence-corrected chi connectivity index (χ2v) is 6.92. The number of nitrogens with one attached hydrogen (secondary N) is 1. The predicted octanol–water partition coefficient (Wildman–Crippen LogP) is 2.08. The number of amides is 1. The van der Waals surface area contributed by atoms with Gasteiger partial charge in [-0.25, -0.2) is 8.42 Å². The highest BCUT2D eigenvalue weighted by molar-refractivity contribution is 7.91. The maximum atomic E-state index is 11.7. The van der Waals surface area contributed by atoms with Gasteiger partial charge in [0.1, 0.15) is 0 Å². The number of nitrogen functional groups attached to an aromatic ring is 1. The van der Waals surface area contributed by atoms with Crippen molar-refractivity contribution in [2.45, 2.75) is 19.8 Å². The maximum absolute atomic E-state index is 11.7. The van der Waals surface area contributed by atoms with Crippen LogP contribution in [0.25, 0.3) is 0 Å². The van der Waals surface area contributed by atoms with E-state index in [-0.39, 0.29) is 17.9 Å². The van der Waals surface area contributed by atoms with Crippen LogP contribution in [0.1, 0.15) is 19.8 Å². The zero-order valence-corrected chi connectivity index (χ0v) is 12.2. The Bertz CT molecular complexity index is 558. The van der Waals surface area contributed by atoms with E-state index in [0.29, 0.717) is 22.8 Å². The maximum Gasteiger partial charge on any atom is 0.225 e. The van der Waals surface area contributed by atoms with Crippen molar-refractivity contribution < 1.29 is 13.2 Å². The first kappa shape index (κ1) is 15.8. The minimum atomic E-state index is -3.16. The molecule has 1 rings (SSSR count). The molecule has 1 aromatic carbocycles. The van der Waals surface area contributed by atoms with Crippen LogP contribution < -0.4 is 11.1 Å². The van der Waals surface area contributed by atoms with E-state index in [9.17, 15) is 13.2 Å². The summed E-state index contributed by atoms with van der Waals surface area (Å²) in [5, 5.41) is 3.00. The molecule has 19 heavy (non-hydrogen) atoms. The van der Waals surface area contributed by atoms with Crippen LogP contribution in [0, 0.1) is 0 Å². The van der Waals surface area contributed by atoms with Gasteiger partial charge in [-0.15, -0.1) is 0 Å². The van der Waals surface area contributed by atoms with Crippen LogP contribution in [-0.2, 0) is 14.6 Å². The molecule has 0 bridgehead atoms. The summed E-state index contributed by atoms with van der Waals surface area (Å²) in [6.07, 6.45) is 0.458. The number of hydrogen-bond donors (Lipinski definition) is 2. The minimum Gasteiger partial charge on any atom is -0.397 e. The van der Waals surface area contributed by atoms with Crippen LogP contribution in [0.4, 0.5) is 11.4 Å². The summed E-state index contributed by atoms with van der Waals surface area (Å²) in [7, 11) is -3.16. The molecule has 0 saturated carbocycles. The van der Waals surface area contributed by atoms with Crippen LogP contribution in [-0.4, -0.2) is 25.8 Å². The number of halogens is 1. The molecule has 1 amide bonds. The molecule has 0 aromatic heterocycles. The first-order valence-electron chi connectivity index (χ1n) is 5.89. The van der Waals surface area contributed by atoms with Gasteiger partial charge >= 0.3 is 0 Å². The number of carbonyl (C=O) groups excluding carboxylic acids is 1. The summed E-state index contributed by atoms with van der Waals surface area (Å²) >= 11 is 5.79. The van der Waals surface area contributed by atoms with Gasteiger partial charge in [0.2, 0.25) is 5.91 Å². The Hall–Kier alpha value is -1.27. The van der Waals surface area contributed by atoms with Crippen LogP contribution in [0.15, 0.2) is 18.2 Å². The van der Waals surface area contributed by atoms with E-state index in [1.165, 1.54) is 6.07 Å². The van der Waals surface area contributed by atoms with Crippen LogP contribution >= 0.6 is 11.6 Å². The van der Waals surface area contributed by atoms with Gasteiger partial charge < -0.3 is 11.1 Å².